The third kappa shape index (κ3) is 6.66. The summed E-state index contributed by atoms with van der Waals surface area (Å²) in [4.78, 5) is 39.7. The van der Waals surface area contributed by atoms with Gasteiger partial charge in [-0.3, -0.25) is 14.5 Å². The predicted octanol–water partition coefficient (Wildman–Crippen LogP) is 4.65. The van der Waals surface area contributed by atoms with Crippen LogP contribution in [0.5, 0.6) is 0 Å². The molecule has 1 aromatic heterocycles. The number of carbonyl (C=O) groups excluding carboxylic acids is 2. The molecule has 2 amide bonds. The second-order valence-corrected chi connectivity index (χ2v) is 10.2. The van der Waals surface area contributed by atoms with Gasteiger partial charge in [-0.2, -0.15) is 0 Å². The Bertz CT molecular complexity index is 1680. The molecule has 0 saturated carbocycles. The number of rotatable bonds is 11. The number of nitrogens with zero attached hydrogens (tertiary/aromatic N) is 4. The van der Waals surface area contributed by atoms with Gasteiger partial charge in [0.1, 0.15) is 0 Å². The summed E-state index contributed by atoms with van der Waals surface area (Å²) in [5, 5.41) is 21.7. The number of hydrogen-bond acceptors (Lipinski definition) is 7. The molecule has 0 unspecified atom stereocenters. The molecule has 5 rings (SSSR count). The van der Waals surface area contributed by atoms with Crippen LogP contribution in [0.4, 0.5) is 28.4 Å². The fourth-order valence-corrected chi connectivity index (χ4v) is 4.81. The summed E-state index contributed by atoms with van der Waals surface area (Å²) >= 11 is 0. The first-order valence-electron chi connectivity index (χ1n) is 13.9. The number of aliphatic hydroxyl groups excluding tert-OH is 2. The van der Waals surface area contributed by atoms with Crippen LogP contribution in [0.15, 0.2) is 97.3 Å². The van der Waals surface area contributed by atoms with E-state index in [9.17, 15) is 19.8 Å². The van der Waals surface area contributed by atoms with E-state index in [1.807, 2.05) is 78.5 Å². The summed E-state index contributed by atoms with van der Waals surface area (Å²) in [6.45, 7) is 0.662. The third-order valence-corrected chi connectivity index (χ3v) is 7.11. The van der Waals surface area contributed by atoms with Gasteiger partial charge in [-0.15, -0.1) is 0 Å². The smallest absolute Gasteiger partial charge is 0.262 e. The number of imidazole rings is 1. The van der Waals surface area contributed by atoms with Crippen LogP contribution in [-0.2, 0) is 0 Å². The summed E-state index contributed by atoms with van der Waals surface area (Å²) in [5.41, 5.74) is 6.20. The Kier molecular flexibility index (Phi) is 8.99. The van der Waals surface area contributed by atoms with Crippen LogP contribution in [0.3, 0.4) is 0 Å². The highest BCUT2D eigenvalue weighted by Crippen LogP contribution is 2.31. The monoisotopic (exact) mass is 578 g/mol. The number of aliphatic hydroxyl groups is 2. The number of fused-ring (bicyclic) bond motifs is 1. The molecule has 0 radical (unpaired) electrons. The molecule has 0 saturated heterocycles. The number of benzene rings is 4. The Morgan fingerprint density at radius 3 is 1.95 bits per heavy atom. The molecule has 0 aliphatic heterocycles. The minimum atomic E-state index is -0.262. The average Bonchev–Trinajstić information content (AvgIpc) is 3.50. The van der Waals surface area contributed by atoms with Gasteiger partial charge in [0.15, 0.2) is 0 Å². The summed E-state index contributed by atoms with van der Waals surface area (Å²) < 4.78 is 0. The van der Waals surface area contributed by atoms with Crippen molar-refractivity contribution in [3.8, 4) is 0 Å². The van der Waals surface area contributed by atoms with Gasteiger partial charge in [0.05, 0.1) is 36.3 Å². The third-order valence-electron chi connectivity index (χ3n) is 7.11. The zero-order chi connectivity index (χ0) is 30.3. The quantitative estimate of drug-likeness (QED) is 0.180. The highest BCUT2D eigenvalue weighted by molar-refractivity contribution is 6.12. The molecule has 5 aromatic rings. The van der Waals surface area contributed by atoms with E-state index in [1.54, 1.807) is 47.6 Å². The molecular formula is C33H34N6O4. The zero-order valence-electron chi connectivity index (χ0n) is 24.1. The van der Waals surface area contributed by atoms with Crippen molar-refractivity contribution in [2.75, 3.05) is 60.4 Å². The van der Waals surface area contributed by atoms with E-state index in [0.717, 1.165) is 22.4 Å². The number of hydrogen-bond donors (Lipinski definition) is 4. The second-order valence-electron chi connectivity index (χ2n) is 10.2. The topological polar surface area (TPSA) is 125 Å². The van der Waals surface area contributed by atoms with E-state index in [-0.39, 0.29) is 25.0 Å². The fraction of sp³-hybridized carbons (Fsp3) is 0.182. The maximum atomic E-state index is 14.0. The summed E-state index contributed by atoms with van der Waals surface area (Å²) in [5.74, 6) is -0.503. The number of H-pyrrole nitrogens is 1. The van der Waals surface area contributed by atoms with Crippen molar-refractivity contribution in [2.45, 2.75) is 0 Å². The van der Waals surface area contributed by atoms with Crippen molar-refractivity contribution < 1.29 is 19.8 Å². The van der Waals surface area contributed by atoms with Gasteiger partial charge in [0.2, 0.25) is 0 Å². The summed E-state index contributed by atoms with van der Waals surface area (Å²) in [6, 6.07) is 27.1. The van der Waals surface area contributed by atoms with Crippen LogP contribution in [0, 0.1) is 0 Å². The largest absolute Gasteiger partial charge is 0.395 e. The van der Waals surface area contributed by atoms with Crippen LogP contribution in [-0.4, -0.2) is 72.4 Å². The van der Waals surface area contributed by atoms with Gasteiger partial charge in [-0.25, -0.2) is 4.98 Å². The van der Waals surface area contributed by atoms with Gasteiger partial charge >= 0.3 is 0 Å². The molecule has 0 aliphatic rings. The van der Waals surface area contributed by atoms with Crippen LogP contribution < -0.4 is 20.0 Å². The zero-order valence-corrected chi connectivity index (χ0v) is 24.1. The van der Waals surface area contributed by atoms with Gasteiger partial charge in [-0.05, 0) is 91.0 Å². The number of aromatic amines is 1. The lowest BCUT2D eigenvalue weighted by molar-refractivity contribution is 0.0997. The fourth-order valence-electron chi connectivity index (χ4n) is 4.81. The first-order chi connectivity index (χ1) is 20.9. The second kappa shape index (κ2) is 13.2. The number of anilines is 5. The molecule has 0 bridgehead atoms. The Morgan fingerprint density at radius 2 is 1.33 bits per heavy atom. The van der Waals surface area contributed by atoms with E-state index in [0.29, 0.717) is 41.3 Å². The van der Waals surface area contributed by atoms with Crippen molar-refractivity contribution in [1.82, 2.24) is 9.97 Å². The maximum absolute atomic E-state index is 14.0. The summed E-state index contributed by atoms with van der Waals surface area (Å²) in [6.07, 6.45) is 1.61. The van der Waals surface area contributed by atoms with Gasteiger partial charge in [0, 0.05) is 61.1 Å². The Hall–Kier alpha value is -5.19. The van der Waals surface area contributed by atoms with Gasteiger partial charge < -0.3 is 30.3 Å². The molecule has 0 spiro atoms. The first kappa shape index (κ1) is 29.3. The number of carbonyl (C=O) groups is 2. The molecule has 4 N–H and O–H groups in total. The number of nitrogens with one attached hydrogen (secondary N) is 2. The molecule has 0 atom stereocenters. The number of aromatic nitrogens is 2. The Balaban J connectivity index is 1.41. The van der Waals surface area contributed by atoms with E-state index in [1.165, 1.54) is 0 Å². The molecule has 10 nitrogen and oxygen atoms in total. The maximum Gasteiger partial charge on any atom is 0.262 e. The van der Waals surface area contributed by atoms with E-state index >= 15 is 0 Å². The molecule has 4 aromatic carbocycles. The van der Waals surface area contributed by atoms with E-state index < -0.39 is 0 Å². The van der Waals surface area contributed by atoms with Gasteiger partial charge in [0.25, 0.3) is 11.8 Å². The molecule has 220 valence electrons. The average molecular weight is 579 g/mol. The van der Waals surface area contributed by atoms with Crippen LogP contribution in [0.2, 0.25) is 0 Å². The minimum absolute atomic E-state index is 0.0464. The van der Waals surface area contributed by atoms with E-state index in [4.69, 9.17) is 0 Å². The first-order valence-corrected chi connectivity index (χ1v) is 13.9. The van der Waals surface area contributed by atoms with Crippen molar-refractivity contribution in [1.29, 1.82) is 0 Å². The van der Waals surface area contributed by atoms with Crippen molar-refractivity contribution >= 4 is 51.3 Å². The predicted molar refractivity (Wildman–Crippen MR) is 171 cm³/mol. The lowest BCUT2D eigenvalue weighted by Crippen LogP contribution is -2.30. The van der Waals surface area contributed by atoms with Crippen molar-refractivity contribution in [3.05, 3.63) is 108 Å². The lowest BCUT2D eigenvalue weighted by Gasteiger charge is -2.26. The molecule has 0 aliphatic carbocycles. The van der Waals surface area contributed by atoms with Crippen molar-refractivity contribution in [2.24, 2.45) is 0 Å². The van der Waals surface area contributed by atoms with Crippen LogP contribution >= 0.6 is 0 Å². The van der Waals surface area contributed by atoms with Gasteiger partial charge in [-0.1, -0.05) is 0 Å². The molecule has 10 heteroatoms. The SMILES string of the molecule is CN(C)c1ccc(C(=O)Nc2ccc(C(=O)N(c3ccc(N(CCO)CCO)cc3)c3ccc4[nH]cnc4c3)cc2)cc1. The minimum Gasteiger partial charge on any atom is -0.395 e. The van der Waals surface area contributed by atoms with Crippen LogP contribution in [0.25, 0.3) is 11.0 Å². The highest BCUT2D eigenvalue weighted by atomic mass is 16.3. The number of amides is 2. The molecule has 1 heterocycles. The Labute approximate surface area is 249 Å². The van der Waals surface area contributed by atoms with E-state index in [2.05, 4.69) is 15.3 Å². The van der Waals surface area contributed by atoms with Crippen molar-refractivity contribution in [3.63, 3.8) is 0 Å². The normalized spacial score (nSPS) is 10.9. The molecule has 43 heavy (non-hydrogen) atoms. The summed E-state index contributed by atoms with van der Waals surface area (Å²) in [7, 11) is 3.88. The highest BCUT2D eigenvalue weighted by Gasteiger charge is 2.21. The standard InChI is InChI=1S/C33H34N6O4/c1-37(2)26-9-5-23(6-10-26)32(42)36-25-7-3-24(4-8-25)33(43)39(29-15-16-30-31(21-29)35-22-34-30)28-13-11-27(12-14-28)38(17-19-40)18-20-41/h3-16,21-22,40-41H,17-20H2,1-2H3,(H,34,35)(H,36,42). The van der Waals surface area contributed by atoms with Crippen LogP contribution in [0.1, 0.15) is 20.7 Å². The molecule has 0 fully saturated rings. The molecular weight excluding hydrogens is 544 g/mol. The lowest BCUT2D eigenvalue weighted by atomic mass is 10.1. The Morgan fingerprint density at radius 1 is 0.744 bits per heavy atom.